The van der Waals surface area contributed by atoms with E-state index in [0.29, 0.717) is 6.42 Å². The van der Waals surface area contributed by atoms with Gasteiger partial charge in [-0.15, -0.1) is 0 Å². The van der Waals surface area contributed by atoms with Crippen LogP contribution in [0.25, 0.3) is 0 Å². The Hall–Kier alpha value is -3.95. The van der Waals surface area contributed by atoms with E-state index in [1.807, 2.05) is 0 Å². The number of primary amides is 1. The van der Waals surface area contributed by atoms with Crippen molar-refractivity contribution < 1.29 is 39.0 Å². The van der Waals surface area contributed by atoms with Crippen LogP contribution >= 0.6 is 0 Å². The minimum atomic E-state index is -1.66. The van der Waals surface area contributed by atoms with Gasteiger partial charge in [0, 0.05) is 6.54 Å². The Balaban J connectivity index is 5.44. The van der Waals surface area contributed by atoms with E-state index < -0.39 is 72.6 Å². The van der Waals surface area contributed by atoms with Crippen LogP contribution in [0.5, 0.6) is 0 Å². The fourth-order valence-electron chi connectivity index (χ4n) is 2.96. The number of guanidine groups is 1. The molecule has 0 radical (unpaired) electrons. The molecule has 16 heteroatoms. The van der Waals surface area contributed by atoms with Crippen molar-refractivity contribution in [2.24, 2.45) is 33.8 Å². The highest BCUT2D eigenvalue weighted by atomic mass is 16.4. The fourth-order valence-corrected chi connectivity index (χ4v) is 2.96. The molecule has 0 aliphatic rings. The molecule has 0 aromatic heterocycles. The molecular formula is C20H36N8O8. The summed E-state index contributed by atoms with van der Waals surface area (Å²) in [6, 6.07) is -5.71. The van der Waals surface area contributed by atoms with Crippen molar-refractivity contribution >= 4 is 41.5 Å². The number of nitrogens with one attached hydrogen (secondary N) is 3. The van der Waals surface area contributed by atoms with E-state index in [4.69, 9.17) is 28.0 Å². The molecule has 0 aliphatic carbocycles. The van der Waals surface area contributed by atoms with Gasteiger partial charge in [-0.25, -0.2) is 4.79 Å². The zero-order valence-corrected chi connectivity index (χ0v) is 20.2. The monoisotopic (exact) mass is 516 g/mol. The normalized spacial score (nSPS) is 14.0. The number of nitrogens with zero attached hydrogens (tertiary/aromatic N) is 1. The molecule has 204 valence electrons. The van der Waals surface area contributed by atoms with Crippen LogP contribution in [0, 0.1) is 5.92 Å². The maximum atomic E-state index is 12.7. The van der Waals surface area contributed by atoms with Gasteiger partial charge in [-0.3, -0.25) is 29.0 Å². The molecule has 4 amide bonds. The van der Waals surface area contributed by atoms with Crippen LogP contribution < -0.4 is 38.9 Å². The summed E-state index contributed by atoms with van der Waals surface area (Å²) in [7, 11) is 0. The molecule has 0 rings (SSSR count). The topological polar surface area (TPSA) is 295 Å². The smallest absolute Gasteiger partial charge is 0.326 e. The Bertz CT molecular complexity index is 844. The summed E-state index contributed by atoms with van der Waals surface area (Å²) >= 11 is 0. The van der Waals surface area contributed by atoms with Crippen molar-refractivity contribution in [2.75, 3.05) is 6.54 Å². The summed E-state index contributed by atoms with van der Waals surface area (Å²) in [5, 5.41) is 25.0. The number of hydrogen-bond acceptors (Lipinski definition) is 8. The predicted octanol–water partition coefficient (Wildman–Crippen LogP) is -3.70. The van der Waals surface area contributed by atoms with Crippen LogP contribution in [0.15, 0.2) is 4.99 Å². The molecule has 0 aliphatic heterocycles. The molecule has 0 saturated heterocycles. The van der Waals surface area contributed by atoms with E-state index >= 15 is 0 Å². The third kappa shape index (κ3) is 13.7. The molecular weight excluding hydrogens is 480 g/mol. The number of nitrogens with two attached hydrogens (primary N) is 4. The average molecular weight is 517 g/mol. The number of hydrogen-bond donors (Lipinski definition) is 9. The minimum absolute atomic E-state index is 0.0665. The molecule has 0 heterocycles. The van der Waals surface area contributed by atoms with E-state index in [1.165, 1.54) is 0 Å². The van der Waals surface area contributed by atoms with Crippen molar-refractivity contribution in [2.45, 2.75) is 70.1 Å². The zero-order valence-electron chi connectivity index (χ0n) is 20.2. The van der Waals surface area contributed by atoms with Crippen molar-refractivity contribution in [1.82, 2.24) is 16.0 Å². The zero-order chi connectivity index (χ0) is 28.0. The molecule has 4 unspecified atom stereocenters. The van der Waals surface area contributed by atoms with Crippen LogP contribution in [0.3, 0.4) is 0 Å². The van der Waals surface area contributed by atoms with Gasteiger partial charge in [0.2, 0.25) is 23.6 Å². The van der Waals surface area contributed by atoms with Crippen LogP contribution in [0.2, 0.25) is 0 Å². The van der Waals surface area contributed by atoms with Gasteiger partial charge in [0.25, 0.3) is 0 Å². The maximum Gasteiger partial charge on any atom is 0.326 e. The average Bonchev–Trinajstić information content (AvgIpc) is 2.73. The Labute approximate surface area is 207 Å². The van der Waals surface area contributed by atoms with Gasteiger partial charge < -0.3 is 49.1 Å². The largest absolute Gasteiger partial charge is 0.481 e. The van der Waals surface area contributed by atoms with Gasteiger partial charge in [-0.1, -0.05) is 13.8 Å². The van der Waals surface area contributed by atoms with Crippen LogP contribution in [-0.2, 0) is 28.8 Å². The lowest BCUT2D eigenvalue weighted by atomic mass is 10.0. The van der Waals surface area contributed by atoms with E-state index in [9.17, 15) is 33.9 Å². The highest BCUT2D eigenvalue weighted by Gasteiger charge is 2.32. The second-order valence-corrected chi connectivity index (χ2v) is 8.47. The van der Waals surface area contributed by atoms with Gasteiger partial charge in [-0.2, -0.15) is 0 Å². The highest BCUT2D eigenvalue weighted by molar-refractivity contribution is 5.97. The van der Waals surface area contributed by atoms with Gasteiger partial charge in [0.1, 0.15) is 18.1 Å². The lowest BCUT2D eigenvalue weighted by Crippen LogP contribution is -2.58. The molecule has 36 heavy (non-hydrogen) atoms. The summed E-state index contributed by atoms with van der Waals surface area (Å²) in [5.74, 6) is -6.99. The molecule has 16 nitrogen and oxygen atoms in total. The first-order valence-corrected chi connectivity index (χ1v) is 11.1. The predicted molar refractivity (Wildman–Crippen MR) is 127 cm³/mol. The maximum absolute atomic E-state index is 12.7. The van der Waals surface area contributed by atoms with Crippen LogP contribution in [0.1, 0.15) is 46.0 Å². The van der Waals surface area contributed by atoms with Gasteiger partial charge in [0.15, 0.2) is 5.96 Å². The Kier molecular flexibility index (Phi) is 14.1. The quantitative estimate of drug-likeness (QED) is 0.0514. The molecule has 0 saturated carbocycles. The Morgan fingerprint density at radius 3 is 1.75 bits per heavy atom. The Morgan fingerprint density at radius 2 is 1.31 bits per heavy atom. The molecule has 4 atom stereocenters. The number of aliphatic imine (C=N–C) groups is 1. The summed E-state index contributed by atoms with van der Waals surface area (Å²) in [4.78, 5) is 75.6. The first-order chi connectivity index (χ1) is 16.6. The lowest BCUT2D eigenvalue weighted by Gasteiger charge is -2.24. The van der Waals surface area contributed by atoms with Crippen LogP contribution in [-0.4, -0.2) is 82.5 Å². The highest BCUT2D eigenvalue weighted by Crippen LogP contribution is 2.07. The summed E-state index contributed by atoms with van der Waals surface area (Å²) in [6.07, 6.45) is -1.07. The summed E-state index contributed by atoms with van der Waals surface area (Å²) in [6.45, 7) is 3.66. The third-order valence-electron chi connectivity index (χ3n) is 4.68. The second-order valence-electron chi connectivity index (χ2n) is 8.47. The summed E-state index contributed by atoms with van der Waals surface area (Å²) < 4.78 is 0. The molecule has 0 spiro atoms. The number of carboxylic acids is 2. The van der Waals surface area contributed by atoms with Crippen molar-refractivity contribution in [3.05, 3.63) is 0 Å². The number of carboxylic acid groups (broad SMARTS) is 2. The molecule has 0 bridgehead atoms. The molecule has 0 aromatic carbocycles. The molecule has 13 N–H and O–H groups in total. The Morgan fingerprint density at radius 1 is 0.806 bits per heavy atom. The number of carbonyl (C=O) groups excluding carboxylic acids is 4. The van der Waals surface area contributed by atoms with E-state index in [2.05, 4.69) is 20.9 Å². The number of carbonyl (C=O) groups is 6. The second kappa shape index (κ2) is 15.9. The van der Waals surface area contributed by atoms with Crippen molar-refractivity contribution in [1.29, 1.82) is 0 Å². The third-order valence-corrected chi connectivity index (χ3v) is 4.68. The van der Waals surface area contributed by atoms with Gasteiger partial charge in [0.05, 0.1) is 18.9 Å². The fraction of sp³-hybridized carbons (Fsp3) is 0.650. The first kappa shape index (κ1) is 32.0. The standard InChI is InChI=1S/C20H36N8O8/c1-9(2)6-13(19(35)36)28-17(33)11(7-14(22)29)27-18(34)12(8-15(30)31)26-16(32)10(21)4-3-5-25-20(23)24/h9-13H,3-8,21H2,1-2H3,(H2,22,29)(H,26,32)(H,27,34)(H,28,33)(H,30,31)(H,35,36)(H4,23,24,25). The van der Waals surface area contributed by atoms with Gasteiger partial charge >= 0.3 is 11.9 Å². The SMILES string of the molecule is CC(C)CC(NC(=O)C(CC(N)=O)NC(=O)C(CC(=O)O)NC(=O)C(N)CCCN=C(N)N)C(=O)O. The molecule has 0 fully saturated rings. The number of aliphatic carboxylic acids is 2. The van der Waals surface area contributed by atoms with Crippen LogP contribution in [0.4, 0.5) is 0 Å². The first-order valence-electron chi connectivity index (χ1n) is 11.1. The van der Waals surface area contributed by atoms with Gasteiger partial charge in [-0.05, 0) is 25.2 Å². The van der Waals surface area contributed by atoms with E-state index in [0.717, 1.165) is 0 Å². The van der Waals surface area contributed by atoms with Crippen molar-refractivity contribution in [3.63, 3.8) is 0 Å². The van der Waals surface area contributed by atoms with E-state index in [-0.39, 0.29) is 31.3 Å². The van der Waals surface area contributed by atoms with Crippen molar-refractivity contribution in [3.8, 4) is 0 Å². The van der Waals surface area contributed by atoms with E-state index in [1.54, 1.807) is 13.8 Å². The number of amides is 4. The lowest BCUT2D eigenvalue weighted by molar-refractivity contribution is -0.143. The molecule has 0 aromatic rings. The number of rotatable bonds is 17. The minimum Gasteiger partial charge on any atom is -0.481 e. The summed E-state index contributed by atoms with van der Waals surface area (Å²) in [5.41, 5.74) is 21.3.